The lowest BCUT2D eigenvalue weighted by atomic mass is 9.74. The summed E-state index contributed by atoms with van der Waals surface area (Å²) in [5.41, 5.74) is -18.8. The third-order valence-corrected chi connectivity index (χ3v) is 4.07. The van der Waals surface area contributed by atoms with Crippen molar-refractivity contribution in [3.8, 4) is 0 Å². The Morgan fingerprint density at radius 1 is 0.448 bits per heavy atom. The van der Waals surface area contributed by atoms with Crippen LogP contribution in [0.3, 0.4) is 0 Å². The molecule has 0 saturated carbocycles. The number of hydrogen-bond acceptors (Lipinski definition) is 3. The molecule has 0 spiro atoms. The van der Waals surface area contributed by atoms with Crippen LogP contribution in [0.1, 0.15) is 0 Å². The van der Waals surface area contributed by atoms with Crippen molar-refractivity contribution < 1.29 is 87.6 Å². The first-order valence-corrected chi connectivity index (χ1v) is 7.08. The molecule has 0 aliphatic heterocycles. The average molecular weight is 499 g/mol. The van der Waals surface area contributed by atoms with E-state index in [1.807, 2.05) is 0 Å². The van der Waals surface area contributed by atoms with Gasteiger partial charge in [-0.3, -0.25) is 0 Å². The van der Waals surface area contributed by atoms with Gasteiger partial charge in [-0.1, -0.05) is 0 Å². The molecule has 176 valence electrons. The topological polar surface area (TPSA) is 57.2 Å². The van der Waals surface area contributed by atoms with Gasteiger partial charge in [0.2, 0.25) is 0 Å². The van der Waals surface area contributed by atoms with E-state index in [9.17, 15) is 87.6 Å². The number of hydrogen-bond donors (Lipinski definition) is 0. The molecule has 0 aromatic rings. The van der Waals surface area contributed by atoms with Crippen molar-refractivity contribution in [1.82, 2.24) is 0 Å². The van der Waals surface area contributed by atoms with Gasteiger partial charge in [-0.15, -0.1) is 0 Å². The Hall–Kier alpha value is -1.28. The number of halogens is 17. The van der Waals surface area contributed by atoms with Gasteiger partial charge in [-0.25, -0.2) is 17.2 Å². The second kappa shape index (κ2) is 6.36. The first-order chi connectivity index (χ1) is 12.0. The van der Waals surface area contributed by atoms with Gasteiger partial charge in [0, 0.05) is 0 Å². The molecule has 0 radical (unpaired) electrons. The monoisotopic (exact) mass is 499 g/mol. The third kappa shape index (κ3) is 3.26. The molecule has 1 unspecified atom stereocenters. The van der Waals surface area contributed by atoms with Gasteiger partial charge in [0.05, 0.1) is 0 Å². The van der Waals surface area contributed by atoms with Crippen LogP contribution in [-0.2, 0) is 10.1 Å². The molecule has 0 amide bonds. The average Bonchev–Trinajstić information content (AvgIpc) is 2.39. The Kier molecular flexibility index (Phi) is 6.08. The van der Waals surface area contributed by atoms with Crippen LogP contribution in [0.25, 0.3) is 0 Å². The molecular formula is C8F17O3S-. The second-order valence-electron chi connectivity index (χ2n) is 4.93. The highest BCUT2D eigenvalue weighted by Gasteiger charge is 3.01. The van der Waals surface area contributed by atoms with Crippen LogP contribution in [0.15, 0.2) is 0 Å². The standard InChI is InChI=1S/C8HF17O3S/c9-1(3(11,12)6(18,19)20,4(13,14)7(21,22)23)2(10,5(15,16)17)8(24,25)29(26,27)28/h(H,26,27,28)/p-1. The van der Waals surface area contributed by atoms with Crippen molar-refractivity contribution in [2.75, 3.05) is 0 Å². The molecule has 0 saturated heterocycles. The zero-order valence-corrected chi connectivity index (χ0v) is 12.9. The predicted octanol–water partition coefficient (Wildman–Crippen LogP) is 4.50. The van der Waals surface area contributed by atoms with Crippen molar-refractivity contribution in [3.05, 3.63) is 0 Å². The highest BCUT2D eigenvalue weighted by Crippen LogP contribution is 2.68. The van der Waals surface area contributed by atoms with E-state index < -0.39 is 57.1 Å². The van der Waals surface area contributed by atoms with Crippen LogP contribution in [0.2, 0.25) is 0 Å². The zero-order chi connectivity index (χ0) is 24.5. The van der Waals surface area contributed by atoms with E-state index in [0.717, 1.165) is 0 Å². The highest BCUT2D eigenvalue weighted by molar-refractivity contribution is 7.86. The van der Waals surface area contributed by atoms with Crippen LogP contribution in [0.5, 0.6) is 0 Å². The van der Waals surface area contributed by atoms with Gasteiger partial charge in [-0.2, -0.15) is 65.9 Å². The smallest absolute Gasteiger partial charge is 0.457 e. The molecule has 21 heteroatoms. The maximum absolute atomic E-state index is 14.0. The van der Waals surface area contributed by atoms with Gasteiger partial charge >= 0.3 is 47.0 Å². The summed E-state index contributed by atoms with van der Waals surface area (Å²) in [6.45, 7) is 0. The summed E-state index contributed by atoms with van der Waals surface area (Å²) in [5.74, 6) is -18.0. The minimum atomic E-state index is -9.50. The lowest BCUT2D eigenvalue weighted by Gasteiger charge is -2.49. The van der Waals surface area contributed by atoms with Crippen molar-refractivity contribution in [2.45, 2.75) is 47.0 Å². The van der Waals surface area contributed by atoms with Gasteiger partial charge < -0.3 is 4.55 Å². The van der Waals surface area contributed by atoms with Crippen molar-refractivity contribution in [3.63, 3.8) is 0 Å². The molecule has 0 fully saturated rings. The minimum absolute atomic E-state index is 8.39. The van der Waals surface area contributed by atoms with Crippen LogP contribution >= 0.6 is 0 Å². The molecule has 3 nitrogen and oxygen atoms in total. The summed E-state index contributed by atoms with van der Waals surface area (Å²) in [4.78, 5) is 0. The summed E-state index contributed by atoms with van der Waals surface area (Å²) in [6, 6.07) is 0. The van der Waals surface area contributed by atoms with E-state index in [1.165, 1.54) is 0 Å². The summed E-state index contributed by atoms with van der Waals surface area (Å²) >= 11 is 0. The molecule has 29 heavy (non-hydrogen) atoms. The van der Waals surface area contributed by atoms with Crippen LogP contribution in [-0.4, -0.2) is 59.9 Å². The number of alkyl halides is 17. The van der Waals surface area contributed by atoms with E-state index in [2.05, 4.69) is 0 Å². The molecule has 0 bridgehead atoms. The largest absolute Gasteiger partial charge is 0.743 e. The van der Waals surface area contributed by atoms with Gasteiger partial charge in [0.15, 0.2) is 10.1 Å². The fourth-order valence-corrected chi connectivity index (χ4v) is 2.35. The van der Waals surface area contributed by atoms with E-state index in [1.54, 1.807) is 0 Å². The van der Waals surface area contributed by atoms with E-state index in [4.69, 9.17) is 0 Å². The lowest BCUT2D eigenvalue weighted by Crippen LogP contribution is -2.83. The normalized spacial score (nSPS) is 18.6. The first-order valence-electron chi connectivity index (χ1n) is 5.67. The summed E-state index contributed by atoms with van der Waals surface area (Å²) in [7, 11) is -8.66. The molecule has 0 aromatic heterocycles. The van der Waals surface area contributed by atoms with E-state index in [-0.39, 0.29) is 0 Å². The molecule has 0 N–H and O–H groups in total. The Labute approximate surface area is 146 Å². The second-order valence-corrected chi connectivity index (χ2v) is 6.35. The maximum atomic E-state index is 14.0. The minimum Gasteiger partial charge on any atom is -0.743 e. The maximum Gasteiger partial charge on any atom is 0.457 e. The molecular weight excluding hydrogens is 499 g/mol. The molecule has 0 heterocycles. The highest BCUT2D eigenvalue weighted by atomic mass is 32.2. The van der Waals surface area contributed by atoms with Gasteiger partial charge in [0.1, 0.15) is 0 Å². The van der Waals surface area contributed by atoms with Crippen molar-refractivity contribution >= 4 is 10.1 Å². The van der Waals surface area contributed by atoms with Crippen LogP contribution in [0.4, 0.5) is 74.6 Å². The molecule has 1 atom stereocenters. The Morgan fingerprint density at radius 3 is 0.828 bits per heavy atom. The zero-order valence-electron chi connectivity index (χ0n) is 12.1. The fraction of sp³-hybridized carbons (Fsp3) is 1.00. The fourth-order valence-electron chi connectivity index (χ4n) is 1.75. The van der Waals surface area contributed by atoms with E-state index >= 15 is 0 Å². The summed E-state index contributed by atoms with van der Waals surface area (Å²) in [6.07, 6.45) is -25.5. The predicted molar refractivity (Wildman–Crippen MR) is 50.4 cm³/mol. The third-order valence-electron chi connectivity index (χ3n) is 3.16. The van der Waals surface area contributed by atoms with Gasteiger partial charge in [-0.05, 0) is 0 Å². The number of rotatable bonds is 5. The van der Waals surface area contributed by atoms with Gasteiger partial charge in [0.25, 0.3) is 0 Å². The van der Waals surface area contributed by atoms with Crippen LogP contribution < -0.4 is 0 Å². The summed E-state index contributed by atoms with van der Waals surface area (Å²) in [5, 5.41) is -8.60. The van der Waals surface area contributed by atoms with Crippen molar-refractivity contribution in [1.29, 1.82) is 0 Å². The van der Waals surface area contributed by atoms with Crippen LogP contribution in [0, 0.1) is 0 Å². The Balaban J connectivity index is 8.05. The SMILES string of the molecule is O=S(=O)([O-])C(F)(F)C(F)(C(F)(F)F)C(F)(C(F)(F)C(F)(F)F)C(F)(F)C(F)(F)F. The molecule has 0 aromatic carbocycles. The molecule has 0 aliphatic rings. The lowest BCUT2D eigenvalue weighted by molar-refractivity contribution is -0.464. The first kappa shape index (κ1) is 27.7. The quantitative estimate of drug-likeness (QED) is 0.414. The Bertz CT molecular complexity index is 701. The summed E-state index contributed by atoms with van der Waals surface area (Å²) < 4.78 is 247. The Morgan fingerprint density at radius 2 is 0.690 bits per heavy atom. The molecule has 0 rings (SSSR count). The van der Waals surface area contributed by atoms with E-state index in [0.29, 0.717) is 0 Å². The van der Waals surface area contributed by atoms with Crippen molar-refractivity contribution in [2.24, 2.45) is 0 Å². The molecule has 0 aliphatic carbocycles.